The van der Waals surface area contributed by atoms with Gasteiger partial charge in [-0.2, -0.15) is 0 Å². The number of hydrogen-bond acceptors (Lipinski definition) is 5. The highest BCUT2D eigenvalue weighted by Gasteiger charge is 2.34. The Morgan fingerprint density at radius 2 is 1.97 bits per heavy atom. The molecule has 3 rings (SSSR count). The molecule has 1 atom stereocenters. The fourth-order valence-electron chi connectivity index (χ4n) is 2.96. The Labute approximate surface area is 175 Å². The second-order valence-corrected chi connectivity index (χ2v) is 8.06. The van der Waals surface area contributed by atoms with Gasteiger partial charge in [0, 0.05) is 19.2 Å². The van der Waals surface area contributed by atoms with Gasteiger partial charge in [0.05, 0.1) is 12.3 Å². The summed E-state index contributed by atoms with van der Waals surface area (Å²) in [6, 6.07) is 13.2. The molecule has 29 heavy (non-hydrogen) atoms. The van der Waals surface area contributed by atoms with E-state index in [1.54, 1.807) is 7.05 Å². The van der Waals surface area contributed by atoms with Crippen LogP contribution in [-0.4, -0.2) is 40.8 Å². The molecule has 0 aromatic heterocycles. The summed E-state index contributed by atoms with van der Waals surface area (Å²) in [6.45, 7) is 6.48. The van der Waals surface area contributed by atoms with Crippen molar-refractivity contribution in [1.82, 2.24) is 4.90 Å². The van der Waals surface area contributed by atoms with Crippen LogP contribution in [0.25, 0.3) is 0 Å². The Morgan fingerprint density at radius 1 is 1.24 bits per heavy atom. The Bertz CT molecular complexity index is 941. The molecule has 1 aliphatic heterocycles. The lowest BCUT2D eigenvalue weighted by Crippen LogP contribution is -2.43. The molecule has 0 saturated carbocycles. The molecule has 2 aromatic carbocycles. The van der Waals surface area contributed by atoms with Crippen molar-refractivity contribution >= 4 is 40.1 Å². The summed E-state index contributed by atoms with van der Waals surface area (Å²) in [5.41, 5.74) is 3.59. The minimum Gasteiger partial charge on any atom is -0.494 e. The SMILES string of the molecule is CCOc1ccc(N=C2S[C@H](C(=O)Nc3ccc(C)cc3C)CC(=O)N2C)cc1. The standard InChI is InChI=1S/C22H25N3O3S/c1-5-28-17-9-7-16(8-10-17)23-22-25(4)20(26)13-19(29-22)21(27)24-18-11-6-14(2)12-15(18)3/h6-12,19H,5,13H2,1-4H3,(H,24,27)/t19-/m0/s1. The van der Waals surface area contributed by atoms with E-state index in [-0.39, 0.29) is 18.2 Å². The molecule has 1 aliphatic rings. The Hall–Kier alpha value is -2.80. The molecule has 0 aliphatic carbocycles. The number of amidine groups is 1. The average molecular weight is 412 g/mol. The van der Waals surface area contributed by atoms with Crippen LogP contribution in [0, 0.1) is 13.8 Å². The first-order valence-corrected chi connectivity index (χ1v) is 10.4. The molecule has 1 N–H and O–H groups in total. The van der Waals surface area contributed by atoms with E-state index in [0.717, 1.165) is 22.6 Å². The number of thioether (sulfide) groups is 1. The number of carbonyl (C=O) groups is 2. The lowest BCUT2D eigenvalue weighted by Gasteiger charge is -2.29. The maximum atomic E-state index is 12.8. The molecule has 7 heteroatoms. The van der Waals surface area contributed by atoms with E-state index in [1.807, 2.05) is 63.2 Å². The van der Waals surface area contributed by atoms with Crippen LogP contribution in [0.3, 0.4) is 0 Å². The Balaban J connectivity index is 1.76. The summed E-state index contributed by atoms with van der Waals surface area (Å²) in [5, 5.41) is 2.93. The first kappa shape index (κ1) is 20.9. The number of ether oxygens (including phenoxy) is 1. The predicted molar refractivity (Wildman–Crippen MR) is 118 cm³/mol. The minimum absolute atomic E-state index is 0.130. The highest BCUT2D eigenvalue weighted by molar-refractivity contribution is 8.15. The van der Waals surface area contributed by atoms with Crippen molar-refractivity contribution in [2.24, 2.45) is 4.99 Å². The van der Waals surface area contributed by atoms with Gasteiger partial charge in [0.25, 0.3) is 0 Å². The van der Waals surface area contributed by atoms with Gasteiger partial charge in [-0.25, -0.2) is 4.99 Å². The zero-order valence-corrected chi connectivity index (χ0v) is 17.9. The van der Waals surface area contributed by atoms with E-state index in [4.69, 9.17) is 4.74 Å². The predicted octanol–water partition coefficient (Wildman–Crippen LogP) is 4.29. The highest BCUT2D eigenvalue weighted by atomic mass is 32.2. The van der Waals surface area contributed by atoms with Crippen LogP contribution in [0.1, 0.15) is 24.5 Å². The molecule has 1 heterocycles. The van der Waals surface area contributed by atoms with Crippen molar-refractivity contribution < 1.29 is 14.3 Å². The number of nitrogens with one attached hydrogen (secondary N) is 1. The number of rotatable bonds is 5. The molecule has 1 fully saturated rings. The third kappa shape index (κ3) is 5.17. The van der Waals surface area contributed by atoms with E-state index in [1.165, 1.54) is 16.7 Å². The maximum Gasteiger partial charge on any atom is 0.238 e. The fourth-order valence-corrected chi connectivity index (χ4v) is 4.02. The third-order valence-electron chi connectivity index (χ3n) is 4.57. The fraction of sp³-hybridized carbons (Fsp3) is 0.318. The van der Waals surface area contributed by atoms with Gasteiger partial charge in [-0.1, -0.05) is 29.5 Å². The number of carbonyl (C=O) groups excluding carboxylic acids is 2. The summed E-state index contributed by atoms with van der Waals surface area (Å²) in [6.07, 6.45) is 0.139. The van der Waals surface area contributed by atoms with Crippen LogP contribution in [0.5, 0.6) is 5.75 Å². The molecular weight excluding hydrogens is 386 g/mol. The summed E-state index contributed by atoms with van der Waals surface area (Å²) in [7, 11) is 1.68. The second kappa shape index (κ2) is 9.13. The van der Waals surface area contributed by atoms with Gasteiger partial charge in [-0.15, -0.1) is 0 Å². The monoisotopic (exact) mass is 411 g/mol. The Morgan fingerprint density at radius 3 is 2.62 bits per heavy atom. The highest BCUT2D eigenvalue weighted by Crippen LogP contribution is 2.30. The van der Waals surface area contributed by atoms with E-state index in [2.05, 4.69) is 10.3 Å². The minimum atomic E-state index is -0.527. The zero-order valence-electron chi connectivity index (χ0n) is 17.1. The van der Waals surface area contributed by atoms with Crippen molar-refractivity contribution in [2.45, 2.75) is 32.4 Å². The maximum absolute atomic E-state index is 12.8. The van der Waals surface area contributed by atoms with Gasteiger partial charge in [-0.05, 0) is 56.7 Å². The smallest absolute Gasteiger partial charge is 0.238 e. The molecule has 0 spiro atoms. The molecule has 6 nitrogen and oxygen atoms in total. The number of amides is 2. The molecule has 0 bridgehead atoms. The van der Waals surface area contributed by atoms with Crippen molar-refractivity contribution in [3.8, 4) is 5.75 Å². The topological polar surface area (TPSA) is 71.0 Å². The van der Waals surface area contributed by atoms with Gasteiger partial charge in [-0.3, -0.25) is 14.5 Å². The second-order valence-electron chi connectivity index (χ2n) is 6.89. The van der Waals surface area contributed by atoms with Crippen LogP contribution in [-0.2, 0) is 9.59 Å². The van der Waals surface area contributed by atoms with E-state index in [9.17, 15) is 9.59 Å². The third-order valence-corrected chi connectivity index (χ3v) is 5.81. The van der Waals surface area contributed by atoms with Crippen molar-refractivity contribution in [3.05, 3.63) is 53.6 Å². The van der Waals surface area contributed by atoms with Crippen molar-refractivity contribution in [2.75, 3.05) is 19.0 Å². The molecule has 0 radical (unpaired) electrons. The van der Waals surface area contributed by atoms with Crippen LogP contribution in [0.15, 0.2) is 47.5 Å². The molecular formula is C22H25N3O3S. The van der Waals surface area contributed by atoms with Crippen LogP contribution in [0.2, 0.25) is 0 Å². The number of hydrogen-bond donors (Lipinski definition) is 1. The quantitative estimate of drug-likeness (QED) is 0.797. The number of nitrogens with zero attached hydrogens (tertiary/aromatic N) is 2. The van der Waals surface area contributed by atoms with Crippen LogP contribution >= 0.6 is 11.8 Å². The van der Waals surface area contributed by atoms with E-state index >= 15 is 0 Å². The van der Waals surface area contributed by atoms with Gasteiger partial charge in [0.2, 0.25) is 11.8 Å². The van der Waals surface area contributed by atoms with Crippen molar-refractivity contribution in [1.29, 1.82) is 0 Å². The van der Waals surface area contributed by atoms with Crippen LogP contribution in [0.4, 0.5) is 11.4 Å². The first-order valence-electron chi connectivity index (χ1n) is 9.50. The zero-order chi connectivity index (χ0) is 21.0. The molecule has 152 valence electrons. The summed E-state index contributed by atoms with van der Waals surface area (Å²) < 4.78 is 5.44. The largest absolute Gasteiger partial charge is 0.494 e. The van der Waals surface area contributed by atoms with Gasteiger partial charge < -0.3 is 10.1 Å². The van der Waals surface area contributed by atoms with E-state index in [0.29, 0.717) is 17.5 Å². The lowest BCUT2D eigenvalue weighted by atomic mass is 10.1. The van der Waals surface area contributed by atoms with Crippen LogP contribution < -0.4 is 10.1 Å². The number of anilines is 1. The Kier molecular flexibility index (Phi) is 6.59. The summed E-state index contributed by atoms with van der Waals surface area (Å²) in [4.78, 5) is 31.3. The molecule has 1 saturated heterocycles. The van der Waals surface area contributed by atoms with Gasteiger partial charge >= 0.3 is 0 Å². The number of aliphatic imine (C=N–C) groups is 1. The molecule has 2 aromatic rings. The van der Waals surface area contributed by atoms with E-state index < -0.39 is 5.25 Å². The number of benzene rings is 2. The van der Waals surface area contributed by atoms with Gasteiger partial charge in [0.1, 0.15) is 11.0 Å². The van der Waals surface area contributed by atoms with Crippen molar-refractivity contribution in [3.63, 3.8) is 0 Å². The van der Waals surface area contributed by atoms with Gasteiger partial charge in [0.15, 0.2) is 5.17 Å². The molecule has 0 unspecified atom stereocenters. The molecule has 2 amide bonds. The lowest BCUT2D eigenvalue weighted by molar-refractivity contribution is -0.128. The first-order chi connectivity index (χ1) is 13.9. The average Bonchev–Trinajstić information content (AvgIpc) is 2.69. The summed E-state index contributed by atoms with van der Waals surface area (Å²) >= 11 is 1.30. The summed E-state index contributed by atoms with van der Waals surface area (Å²) in [5.74, 6) is 0.444. The normalized spacial score (nSPS) is 18.1. The number of aryl methyl sites for hydroxylation is 2.